The predicted molar refractivity (Wildman–Crippen MR) is 126 cm³/mol. The molecule has 4 aromatic rings. The van der Waals surface area contributed by atoms with Crippen LogP contribution in [-0.4, -0.2) is 22.2 Å². The first-order valence-corrected chi connectivity index (χ1v) is 10.2. The minimum Gasteiger partial charge on any atom is -0.354 e. The quantitative estimate of drug-likeness (QED) is 0.307. The predicted octanol–water partition coefficient (Wildman–Crippen LogP) is 5.55. The van der Waals surface area contributed by atoms with Crippen LogP contribution >= 0.6 is 11.3 Å². The van der Waals surface area contributed by atoms with Gasteiger partial charge in [-0.25, -0.2) is 9.78 Å². The molecule has 0 bridgehead atoms. The Balaban J connectivity index is 0.00000181. The molecule has 0 aliphatic rings. The van der Waals surface area contributed by atoms with Crippen LogP contribution in [0.4, 0.5) is 22.0 Å². The van der Waals surface area contributed by atoms with Gasteiger partial charge in [-0.3, -0.25) is 10.3 Å². The maximum absolute atomic E-state index is 12.3. The minimum absolute atomic E-state index is 0. The van der Waals surface area contributed by atoms with E-state index in [-0.39, 0.29) is 8.88 Å². The van der Waals surface area contributed by atoms with Crippen LogP contribution in [0.5, 0.6) is 0 Å². The Morgan fingerprint density at radius 1 is 1.23 bits per heavy atom. The fourth-order valence-corrected chi connectivity index (χ4v) is 4.01. The summed E-state index contributed by atoms with van der Waals surface area (Å²) >= 11 is 1.66. The Kier molecular flexibility index (Phi) is 5.67. The van der Waals surface area contributed by atoms with E-state index in [0.717, 1.165) is 22.3 Å². The number of rotatable bonds is 6. The normalized spacial score (nSPS) is 10.6. The molecule has 30 heavy (non-hydrogen) atoms. The van der Waals surface area contributed by atoms with Crippen LogP contribution in [0.3, 0.4) is 0 Å². The van der Waals surface area contributed by atoms with Gasteiger partial charge in [-0.1, -0.05) is 18.2 Å². The van der Waals surface area contributed by atoms with Crippen molar-refractivity contribution < 1.29 is 7.65 Å². The van der Waals surface area contributed by atoms with E-state index < -0.39 is 0 Å². The molecule has 1 aromatic carbocycles. The van der Waals surface area contributed by atoms with Crippen molar-refractivity contribution in [3.05, 3.63) is 77.1 Å². The average molecular weight is 421 g/mol. The number of aromatic nitrogens is 2. The third-order valence-electron chi connectivity index (χ3n) is 4.51. The molecule has 0 spiro atoms. The lowest BCUT2D eigenvalue weighted by Crippen LogP contribution is -2.28. The van der Waals surface area contributed by atoms with Gasteiger partial charge in [0, 0.05) is 43.5 Å². The number of aryl methyl sites for hydroxylation is 1. The summed E-state index contributed by atoms with van der Waals surface area (Å²) in [6, 6.07) is 13.2. The largest absolute Gasteiger partial charge is 0.354 e. The lowest BCUT2D eigenvalue weighted by atomic mass is 10.2. The lowest BCUT2D eigenvalue weighted by molar-refractivity contribution is 0.251. The summed E-state index contributed by atoms with van der Waals surface area (Å²) in [6.07, 6.45) is 4.53. The Hall–Kier alpha value is -3.78. The Labute approximate surface area is 180 Å². The third kappa shape index (κ3) is 4.44. The summed E-state index contributed by atoms with van der Waals surface area (Å²) in [4.78, 5) is 20.8. The highest BCUT2D eigenvalue weighted by molar-refractivity contribution is 7.17. The van der Waals surface area contributed by atoms with E-state index in [1.807, 2.05) is 31.2 Å². The molecule has 0 radical (unpaired) electrons. The minimum atomic E-state index is -0.348. The molecule has 0 fully saturated rings. The zero-order valence-corrected chi connectivity index (χ0v) is 17.1. The highest BCUT2D eigenvalue weighted by Gasteiger charge is 2.09. The van der Waals surface area contributed by atoms with Crippen LogP contribution < -0.4 is 16.0 Å². The molecule has 3 aromatic heterocycles. The second kappa shape index (κ2) is 8.71. The molecule has 8 heteroatoms. The maximum atomic E-state index is 12.3. The number of carbonyl (C=O) groups is 1. The molecular formula is C22H24N6OS. The highest BCUT2D eigenvalue weighted by Crippen LogP contribution is 2.25. The zero-order chi connectivity index (χ0) is 20.9. The highest BCUT2D eigenvalue weighted by atomic mass is 32.1. The summed E-state index contributed by atoms with van der Waals surface area (Å²) in [5.74, 6) is 0.373. The molecule has 3 heterocycles. The molecule has 154 valence electrons. The number of thiophene rings is 1. The van der Waals surface area contributed by atoms with Gasteiger partial charge in [0.25, 0.3) is 0 Å². The summed E-state index contributed by atoms with van der Waals surface area (Å²) < 4.78 is 1.19. The molecule has 4 rings (SSSR count). The number of urea groups is 1. The summed E-state index contributed by atoms with van der Waals surface area (Å²) in [6.45, 7) is 2.33. The van der Waals surface area contributed by atoms with Gasteiger partial charge in [0.2, 0.25) is 0 Å². The summed E-state index contributed by atoms with van der Waals surface area (Å²) in [7, 11) is 0. The first-order chi connectivity index (χ1) is 14.6. The SMILES string of the molecule is Cc1cc(Nc2cnc(NC(=O)NCc3csc4ccccc34)cc2C=N)ccn1.[HH].[HH]. The van der Waals surface area contributed by atoms with E-state index in [1.54, 1.807) is 29.8 Å². The molecule has 0 unspecified atom stereocenters. The third-order valence-corrected chi connectivity index (χ3v) is 5.52. The number of anilines is 3. The van der Waals surface area contributed by atoms with Crippen molar-refractivity contribution in [3.63, 3.8) is 0 Å². The van der Waals surface area contributed by atoms with Crippen LogP contribution in [-0.2, 0) is 6.54 Å². The fourth-order valence-electron chi connectivity index (χ4n) is 3.05. The second-order valence-corrected chi connectivity index (χ2v) is 7.59. The number of pyridine rings is 2. The fraction of sp³-hybridized carbons (Fsp3) is 0.0909. The molecule has 0 saturated carbocycles. The lowest BCUT2D eigenvalue weighted by Gasteiger charge is -2.12. The number of hydrogen-bond donors (Lipinski definition) is 4. The van der Waals surface area contributed by atoms with Crippen LogP contribution in [0, 0.1) is 12.3 Å². The molecular weight excluding hydrogens is 396 g/mol. The number of nitrogens with zero attached hydrogens (tertiary/aromatic N) is 2. The van der Waals surface area contributed by atoms with Gasteiger partial charge in [-0.15, -0.1) is 11.3 Å². The van der Waals surface area contributed by atoms with Crippen LogP contribution in [0.2, 0.25) is 0 Å². The Morgan fingerprint density at radius 2 is 2.10 bits per heavy atom. The Morgan fingerprint density at radius 3 is 2.93 bits per heavy atom. The maximum Gasteiger partial charge on any atom is 0.320 e. The number of nitrogens with one attached hydrogen (secondary N) is 4. The average Bonchev–Trinajstić information content (AvgIpc) is 3.16. The van der Waals surface area contributed by atoms with Gasteiger partial charge in [-0.2, -0.15) is 0 Å². The molecule has 0 saturated heterocycles. The number of amides is 2. The monoisotopic (exact) mass is 420 g/mol. The van der Waals surface area contributed by atoms with Gasteiger partial charge in [0.05, 0.1) is 11.9 Å². The topological polar surface area (TPSA) is 103 Å². The van der Waals surface area contributed by atoms with Gasteiger partial charge >= 0.3 is 6.03 Å². The van der Waals surface area contributed by atoms with E-state index in [4.69, 9.17) is 5.41 Å². The van der Waals surface area contributed by atoms with Crippen molar-refractivity contribution in [3.8, 4) is 0 Å². The molecule has 0 aliphatic carbocycles. The number of benzene rings is 1. The van der Waals surface area contributed by atoms with Crippen LogP contribution in [0.15, 0.2) is 60.2 Å². The first-order valence-electron chi connectivity index (χ1n) is 9.32. The van der Waals surface area contributed by atoms with Gasteiger partial charge < -0.3 is 16.0 Å². The molecule has 0 aliphatic heterocycles. The van der Waals surface area contributed by atoms with Crippen molar-refractivity contribution in [2.45, 2.75) is 13.5 Å². The number of fused-ring (bicyclic) bond motifs is 1. The van der Waals surface area contributed by atoms with E-state index in [0.29, 0.717) is 23.6 Å². The van der Waals surface area contributed by atoms with Crippen molar-refractivity contribution in [2.75, 3.05) is 10.6 Å². The zero-order valence-electron chi connectivity index (χ0n) is 16.3. The van der Waals surface area contributed by atoms with Crippen molar-refractivity contribution >= 4 is 50.9 Å². The summed E-state index contributed by atoms with van der Waals surface area (Å²) in [5.41, 5.74) is 4.10. The van der Waals surface area contributed by atoms with E-state index in [9.17, 15) is 4.79 Å². The van der Waals surface area contributed by atoms with Crippen LogP contribution in [0.1, 0.15) is 19.7 Å². The molecule has 0 atom stereocenters. The van der Waals surface area contributed by atoms with Crippen LogP contribution in [0.25, 0.3) is 10.1 Å². The number of hydrogen-bond acceptors (Lipinski definition) is 6. The van der Waals surface area contributed by atoms with Gasteiger partial charge in [0.1, 0.15) is 5.82 Å². The van der Waals surface area contributed by atoms with Gasteiger partial charge in [0.15, 0.2) is 0 Å². The van der Waals surface area contributed by atoms with E-state index in [2.05, 4.69) is 43.4 Å². The van der Waals surface area contributed by atoms with Crippen molar-refractivity contribution in [2.24, 2.45) is 0 Å². The van der Waals surface area contributed by atoms with Crippen molar-refractivity contribution in [1.82, 2.24) is 15.3 Å². The number of carbonyl (C=O) groups excluding carboxylic acids is 1. The van der Waals surface area contributed by atoms with Crippen molar-refractivity contribution in [1.29, 1.82) is 5.41 Å². The standard InChI is InChI=1S/C22H20N6OS.2H2/c1-14-8-17(6-7-24-14)27-19-12-25-21(9-15(19)10-23)28-22(29)26-11-16-13-30-20-5-3-2-4-18(16)20;;/h2-10,12-13,23H,11H2,1H3,(H,24,27)(H2,25,26,28,29);2*1H. The molecule has 2 amide bonds. The van der Waals surface area contributed by atoms with E-state index >= 15 is 0 Å². The smallest absolute Gasteiger partial charge is 0.320 e. The molecule has 7 nitrogen and oxygen atoms in total. The first kappa shape index (κ1) is 19.5. The molecule has 4 N–H and O–H groups in total. The summed E-state index contributed by atoms with van der Waals surface area (Å²) in [5, 5.41) is 19.7. The Bertz CT molecular complexity index is 1230. The van der Waals surface area contributed by atoms with Gasteiger partial charge in [-0.05, 0) is 47.5 Å². The van der Waals surface area contributed by atoms with E-state index in [1.165, 1.54) is 10.9 Å². The second-order valence-electron chi connectivity index (χ2n) is 6.68.